The van der Waals surface area contributed by atoms with Gasteiger partial charge < -0.3 is 10.1 Å². The van der Waals surface area contributed by atoms with Gasteiger partial charge in [0.1, 0.15) is 0 Å². The van der Waals surface area contributed by atoms with E-state index in [0.29, 0.717) is 6.04 Å². The largest absolute Gasteiger partial charge is 0.381 e. The highest BCUT2D eigenvalue weighted by Crippen LogP contribution is 2.20. The summed E-state index contributed by atoms with van der Waals surface area (Å²) in [5, 5.41) is 4.12. The summed E-state index contributed by atoms with van der Waals surface area (Å²) in [5.74, 6) is 0. The van der Waals surface area contributed by atoms with E-state index >= 15 is 0 Å². The van der Waals surface area contributed by atoms with Crippen LogP contribution in [0.2, 0.25) is 5.02 Å². The Bertz CT molecular complexity index is 384. The standard InChI is InChI=1S/C14H21ClN2O/c1-11(2)17-7-8-18-12(10-17)9-16-14-6-4-3-5-13(14)15/h3-6,11-12,16H,7-10H2,1-2H3. The van der Waals surface area contributed by atoms with Gasteiger partial charge in [0, 0.05) is 25.7 Å². The zero-order valence-corrected chi connectivity index (χ0v) is 11.8. The quantitative estimate of drug-likeness (QED) is 0.909. The van der Waals surface area contributed by atoms with Gasteiger partial charge >= 0.3 is 0 Å². The van der Waals surface area contributed by atoms with Crippen molar-refractivity contribution in [2.24, 2.45) is 0 Å². The molecule has 1 aliphatic rings. The molecule has 1 aliphatic heterocycles. The molecule has 1 saturated heterocycles. The number of benzene rings is 1. The van der Waals surface area contributed by atoms with Gasteiger partial charge in [0.25, 0.3) is 0 Å². The zero-order valence-electron chi connectivity index (χ0n) is 11.0. The highest BCUT2D eigenvalue weighted by atomic mass is 35.5. The minimum atomic E-state index is 0.234. The number of nitrogens with zero attached hydrogens (tertiary/aromatic N) is 1. The lowest BCUT2D eigenvalue weighted by atomic mass is 10.2. The van der Waals surface area contributed by atoms with Gasteiger partial charge in [0.05, 0.1) is 23.4 Å². The molecule has 0 spiro atoms. The number of ether oxygens (including phenoxy) is 1. The number of morpholine rings is 1. The first-order valence-electron chi connectivity index (χ1n) is 6.51. The first-order valence-corrected chi connectivity index (χ1v) is 6.88. The molecule has 0 saturated carbocycles. The van der Waals surface area contributed by atoms with Crippen LogP contribution in [0.1, 0.15) is 13.8 Å². The summed E-state index contributed by atoms with van der Waals surface area (Å²) in [4.78, 5) is 2.45. The lowest BCUT2D eigenvalue weighted by Crippen LogP contribution is -2.48. The van der Waals surface area contributed by atoms with Gasteiger partial charge in [-0.15, -0.1) is 0 Å². The Hall–Kier alpha value is -0.770. The average Bonchev–Trinajstić information content (AvgIpc) is 2.38. The Morgan fingerprint density at radius 1 is 1.44 bits per heavy atom. The summed E-state index contributed by atoms with van der Waals surface area (Å²) in [6.07, 6.45) is 0.234. The third kappa shape index (κ3) is 3.61. The molecule has 1 N–H and O–H groups in total. The maximum absolute atomic E-state index is 6.11. The van der Waals surface area contributed by atoms with Gasteiger partial charge in [-0.2, -0.15) is 0 Å². The average molecular weight is 269 g/mol. The van der Waals surface area contributed by atoms with E-state index in [1.165, 1.54) is 0 Å². The van der Waals surface area contributed by atoms with Crippen molar-refractivity contribution in [1.29, 1.82) is 0 Å². The summed E-state index contributed by atoms with van der Waals surface area (Å²) in [6.45, 7) is 8.07. The molecule has 1 unspecified atom stereocenters. The van der Waals surface area contributed by atoms with E-state index in [0.717, 1.165) is 37.0 Å². The molecule has 100 valence electrons. The molecular weight excluding hydrogens is 248 g/mol. The summed E-state index contributed by atoms with van der Waals surface area (Å²) in [6, 6.07) is 8.38. The first-order chi connectivity index (χ1) is 8.66. The Morgan fingerprint density at radius 3 is 2.94 bits per heavy atom. The molecule has 3 nitrogen and oxygen atoms in total. The maximum Gasteiger partial charge on any atom is 0.0874 e. The second-order valence-corrected chi connectivity index (χ2v) is 5.35. The zero-order chi connectivity index (χ0) is 13.0. The topological polar surface area (TPSA) is 24.5 Å². The molecule has 18 heavy (non-hydrogen) atoms. The number of halogens is 1. The van der Waals surface area contributed by atoms with Crippen LogP contribution in [0.4, 0.5) is 5.69 Å². The van der Waals surface area contributed by atoms with E-state index in [1.807, 2.05) is 24.3 Å². The molecule has 0 bridgehead atoms. The fraction of sp³-hybridized carbons (Fsp3) is 0.571. The Labute approximate surface area is 114 Å². The van der Waals surface area contributed by atoms with Gasteiger partial charge in [-0.05, 0) is 26.0 Å². The smallest absolute Gasteiger partial charge is 0.0874 e. The van der Waals surface area contributed by atoms with Crippen LogP contribution in [-0.4, -0.2) is 43.3 Å². The van der Waals surface area contributed by atoms with Crippen LogP contribution in [0, 0.1) is 0 Å². The van der Waals surface area contributed by atoms with Gasteiger partial charge in [-0.1, -0.05) is 23.7 Å². The molecule has 0 aromatic heterocycles. The third-order valence-corrected chi connectivity index (χ3v) is 3.62. The lowest BCUT2D eigenvalue weighted by molar-refractivity contribution is -0.0315. The molecule has 4 heteroatoms. The van der Waals surface area contributed by atoms with Crippen LogP contribution in [0.3, 0.4) is 0 Å². The highest BCUT2D eigenvalue weighted by Gasteiger charge is 2.21. The minimum absolute atomic E-state index is 0.234. The third-order valence-electron chi connectivity index (χ3n) is 3.29. The fourth-order valence-corrected chi connectivity index (χ4v) is 2.37. The van der Waals surface area contributed by atoms with Gasteiger partial charge in [-0.3, -0.25) is 4.90 Å². The van der Waals surface area contributed by atoms with Gasteiger partial charge in [-0.25, -0.2) is 0 Å². The number of hydrogen-bond donors (Lipinski definition) is 1. The van der Waals surface area contributed by atoms with Crippen LogP contribution in [0.15, 0.2) is 24.3 Å². The molecule has 2 rings (SSSR count). The van der Waals surface area contributed by atoms with Gasteiger partial charge in [0.2, 0.25) is 0 Å². The van der Waals surface area contributed by atoms with E-state index in [-0.39, 0.29) is 6.10 Å². The van der Waals surface area contributed by atoms with Crippen molar-refractivity contribution >= 4 is 17.3 Å². The van der Waals surface area contributed by atoms with Crippen molar-refractivity contribution < 1.29 is 4.74 Å². The number of hydrogen-bond acceptors (Lipinski definition) is 3. The molecule has 0 radical (unpaired) electrons. The molecule has 1 atom stereocenters. The SMILES string of the molecule is CC(C)N1CCOC(CNc2ccccc2Cl)C1. The number of rotatable bonds is 4. The van der Waals surface area contributed by atoms with Crippen molar-refractivity contribution in [1.82, 2.24) is 4.90 Å². The molecule has 1 aromatic rings. The monoisotopic (exact) mass is 268 g/mol. The van der Waals surface area contributed by atoms with Crippen LogP contribution in [0.25, 0.3) is 0 Å². The Kier molecular flexibility index (Phi) is 4.87. The van der Waals surface area contributed by atoms with Gasteiger partial charge in [0.15, 0.2) is 0 Å². The summed E-state index contributed by atoms with van der Waals surface area (Å²) >= 11 is 6.11. The lowest BCUT2D eigenvalue weighted by Gasteiger charge is -2.35. The molecule has 1 fully saturated rings. The molecule has 1 heterocycles. The van der Waals surface area contributed by atoms with E-state index < -0.39 is 0 Å². The van der Waals surface area contributed by atoms with Crippen molar-refractivity contribution in [3.63, 3.8) is 0 Å². The van der Waals surface area contributed by atoms with Crippen LogP contribution >= 0.6 is 11.6 Å². The summed E-state index contributed by atoms with van der Waals surface area (Å²) in [7, 11) is 0. The van der Waals surface area contributed by atoms with Crippen LogP contribution in [-0.2, 0) is 4.74 Å². The molecule has 1 aromatic carbocycles. The predicted molar refractivity (Wildman–Crippen MR) is 76.4 cm³/mol. The first kappa shape index (κ1) is 13.7. The molecule has 0 aliphatic carbocycles. The maximum atomic E-state index is 6.11. The number of para-hydroxylation sites is 1. The summed E-state index contributed by atoms with van der Waals surface area (Å²) in [5.41, 5.74) is 0.976. The van der Waals surface area contributed by atoms with Crippen LogP contribution in [0.5, 0.6) is 0 Å². The Balaban J connectivity index is 1.85. The predicted octanol–water partition coefficient (Wildman–Crippen LogP) is 2.86. The van der Waals surface area contributed by atoms with Crippen molar-refractivity contribution in [3.05, 3.63) is 29.3 Å². The molecular formula is C14H21ClN2O. The second kappa shape index (κ2) is 6.41. The van der Waals surface area contributed by atoms with Crippen molar-refractivity contribution in [2.45, 2.75) is 26.0 Å². The van der Waals surface area contributed by atoms with E-state index in [2.05, 4.69) is 24.1 Å². The molecule has 0 amide bonds. The normalized spacial score (nSPS) is 21.2. The van der Waals surface area contributed by atoms with Crippen molar-refractivity contribution in [3.8, 4) is 0 Å². The highest BCUT2D eigenvalue weighted by molar-refractivity contribution is 6.33. The number of nitrogens with one attached hydrogen (secondary N) is 1. The van der Waals surface area contributed by atoms with E-state index in [1.54, 1.807) is 0 Å². The minimum Gasteiger partial charge on any atom is -0.381 e. The van der Waals surface area contributed by atoms with E-state index in [9.17, 15) is 0 Å². The van der Waals surface area contributed by atoms with Crippen molar-refractivity contribution in [2.75, 3.05) is 31.6 Å². The second-order valence-electron chi connectivity index (χ2n) is 4.94. The van der Waals surface area contributed by atoms with E-state index in [4.69, 9.17) is 16.3 Å². The number of anilines is 1. The fourth-order valence-electron chi connectivity index (χ4n) is 2.16. The summed E-state index contributed by atoms with van der Waals surface area (Å²) < 4.78 is 5.77. The van der Waals surface area contributed by atoms with Crippen LogP contribution < -0.4 is 5.32 Å². The Morgan fingerprint density at radius 2 is 2.22 bits per heavy atom.